The fraction of sp³-hybridized carbons (Fsp3) is 0.386. The van der Waals surface area contributed by atoms with Crippen LogP contribution in [-0.2, 0) is 6.61 Å². The van der Waals surface area contributed by atoms with Crippen molar-refractivity contribution in [2.45, 2.75) is 98.5 Å². The van der Waals surface area contributed by atoms with E-state index in [0.717, 1.165) is 47.0 Å². The highest BCUT2D eigenvalue weighted by molar-refractivity contribution is 5.76. The molecule has 0 saturated heterocycles. The normalized spacial score (nSPS) is 19.8. The second kappa shape index (κ2) is 16.1. The summed E-state index contributed by atoms with van der Waals surface area (Å²) in [6.45, 7) is 13.7. The number of aldehydes is 1. The maximum absolute atomic E-state index is 11.8. The number of hydrogen-bond acceptors (Lipinski definition) is 3. The molecule has 0 aliphatic heterocycles. The molecular weight excluding hydrogens is 576 g/mol. The lowest BCUT2D eigenvalue weighted by molar-refractivity contribution is 0.112. The fourth-order valence-corrected chi connectivity index (χ4v) is 7.69. The third-order valence-electron chi connectivity index (χ3n) is 10.4. The Morgan fingerprint density at radius 2 is 1.47 bits per heavy atom. The van der Waals surface area contributed by atoms with Gasteiger partial charge in [-0.3, -0.25) is 4.79 Å². The summed E-state index contributed by atoms with van der Waals surface area (Å²) in [5.41, 5.74) is 10.0. The molecule has 0 N–H and O–H groups in total. The van der Waals surface area contributed by atoms with Crippen molar-refractivity contribution in [2.24, 2.45) is 11.8 Å². The summed E-state index contributed by atoms with van der Waals surface area (Å²) in [6.07, 6.45) is 8.74. The molecule has 3 unspecified atom stereocenters. The number of rotatable bonds is 8. The van der Waals surface area contributed by atoms with E-state index in [1.54, 1.807) is 0 Å². The summed E-state index contributed by atoms with van der Waals surface area (Å²) < 4.78 is 12.4. The van der Waals surface area contributed by atoms with Gasteiger partial charge in [0.1, 0.15) is 30.1 Å². The van der Waals surface area contributed by atoms with Crippen LogP contribution in [-0.4, -0.2) is 6.29 Å². The molecule has 2 aliphatic rings. The number of fused-ring (bicyclic) bond motifs is 1. The summed E-state index contributed by atoms with van der Waals surface area (Å²) in [6, 6.07) is 31.3. The van der Waals surface area contributed by atoms with Gasteiger partial charge in [0, 0.05) is 17.5 Å². The molecule has 4 aromatic carbocycles. The van der Waals surface area contributed by atoms with Crippen molar-refractivity contribution in [3.8, 4) is 17.2 Å². The first-order valence-electron chi connectivity index (χ1n) is 17.7. The molecule has 246 valence electrons. The van der Waals surface area contributed by atoms with E-state index in [1.165, 1.54) is 65.5 Å². The Bertz CT molecular complexity index is 1660. The van der Waals surface area contributed by atoms with Gasteiger partial charge in [0.25, 0.3) is 0 Å². The molecule has 0 aromatic heterocycles. The predicted molar refractivity (Wildman–Crippen MR) is 196 cm³/mol. The highest BCUT2D eigenvalue weighted by Crippen LogP contribution is 2.49. The van der Waals surface area contributed by atoms with E-state index < -0.39 is 0 Å². The van der Waals surface area contributed by atoms with Crippen LogP contribution in [0.25, 0.3) is 5.57 Å². The van der Waals surface area contributed by atoms with Crippen LogP contribution in [0.5, 0.6) is 17.2 Å². The van der Waals surface area contributed by atoms with E-state index in [0.29, 0.717) is 18.4 Å². The molecule has 0 bridgehead atoms. The van der Waals surface area contributed by atoms with Gasteiger partial charge in [-0.25, -0.2) is 0 Å². The first-order valence-corrected chi connectivity index (χ1v) is 17.7. The van der Waals surface area contributed by atoms with Crippen LogP contribution in [0.15, 0.2) is 96.6 Å². The Labute approximate surface area is 283 Å². The molecule has 4 aromatic rings. The summed E-state index contributed by atoms with van der Waals surface area (Å²) >= 11 is 0. The van der Waals surface area contributed by atoms with Gasteiger partial charge in [0.2, 0.25) is 0 Å². The average molecular weight is 629 g/mol. The molecular formula is C44H52O3. The Morgan fingerprint density at radius 1 is 0.745 bits per heavy atom. The van der Waals surface area contributed by atoms with Crippen LogP contribution in [0, 0.1) is 18.8 Å². The number of hydrogen-bond donors (Lipinski definition) is 0. The van der Waals surface area contributed by atoms with Crippen molar-refractivity contribution >= 4 is 11.9 Å². The zero-order chi connectivity index (χ0) is 33.3. The molecule has 3 atom stereocenters. The van der Waals surface area contributed by atoms with Crippen molar-refractivity contribution in [3.05, 3.63) is 130 Å². The molecule has 47 heavy (non-hydrogen) atoms. The Morgan fingerprint density at radius 3 is 2.19 bits per heavy atom. The lowest BCUT2D eigenvalue weighted by atomic mass is 9.66. The number of ether oxygens (including phenoxy) is 2. The quantitative estimate of drug-likeness (QED) is 0.182. The van der Waals surface area contributed by atoms with E-state index in [9.17, 15) is 4.79 Å². The van der Waals surface area contributed by atoms with Crippen LogP contribution in [0.1, 0.15) is 123 Å². The Balaban J connectivity index is 0.00000213. The van der Waals surface area contributed by atoms with Crippen molar-refractivity contribution in [3.63, 3.8) is 0 Å². The van der Waals surface area contributed by atoms with Gasteiger partial charge in [-0.2, -0.15) is 0 Å². The number of allylic oxidation sites excluding steroid dienone is 2. The largest absolute Gasteiger partial charge is 0.489 e. The lowest BCUT2D eigenvalue weighted by Crippen LogP contribution is -2.26. The van der Waals surface area contributed by atoms with Crippen LogP contribution >= 0.6 is 0 Å². The van der Waals surface area contributed by atoms with Crippen LogP contribution < -0.4 is 9.47 Å². The zero-order valence-corrected chi connectivity index (χ0v) is 29.2. The second-order valence-corrected chi connectivity index (χ2v) is 13.3. The average Bonchev–Trinajstić information content (AvgIpc) is 3.11. The summed E-state index contributed by atoms with van der Waals surface area (Å²) in [5.74, 6) is 4.34. The Kier molecular flexibility index (Phi) is 11.7. The number of carbonyl (C=O) groups excluding carboxylic acids is 1. The van der Waals surface area contributed by atoms with Crippen LogP contribution in [0.4, 0.5) is 0 Å². The summed E-state index contributed by atoms with van der Waals surface area (Å²) in [5, 5.41) is 0. The SMILES string of the molecule is CC.CC1=C(c2ccc(Oc3cccc(OCc4cccc(C)c4)c3)cc2)CC(C2CCCCC2)C(C)c2ccc(C=O)cc2C1C. The molecule has 1 fully saturated rings. The monoisotopic (exact) mass is 628 g/mol. The fourth-order valence-electron chi connectivity index (χ4n) is 7.69. The number of benzene rings is 4. The minimum Gasteiger partial charge on any atom is -0.489 e. The van der Waals surface area contributed by atoms with Crippen molar-refractivity contribution in [2.75, 3.05) is 0 Å². The summed E-state index contributed by atoms with van der Waals surface area (Å²) in [7, 11) is 0. The highest BCUT2D eigenvalue weighted by Gasteiger charge is 2.34. The van der Waals surface area contributed by atoms with Crippen molar-refractivity contribution < 1.29 is 14.3 Å². The van der Waals surface area contributed by atoms with Gasteiger partial charge >= 0.3 is 0 Å². The van der Waals surface area contributed by atoms with Gasteiger partial charge < -0.3 is 9.47 Å². The molecule has 3 nitrogen and oxygen atoms in total. The predicted octanol–water partition coefficient (Wildman–Crippen LogP) is 12.5. The maximum atomic E-state index is 11.8. The molecule has 0 heterocycles. The van der Waals surface area contributed by atoms with E-state index in [1.807, 2.05) is 44.2 Å². The van der Waals surface area contributed by atoms with Crippen LogP contribution in [0.2, 0.25) is 0 Å². The minimum atomic E-state index is 0.239. The molecule has 0 spiro atoms. The maximum Gasteiger partial charge on any atom is 0.150 e. The van der Waals surface area contributed by atoms with E-state index in [4.69, 9.17) is 9.47 Å². The molecule has 0 amide bonds. The third kappa shape index (κ3) is 8.25. The van der Waals surface area contributed by atoms with Gasteiger partial charge in [0.05, 0.1) is 0 Å². The standard InChI is InChI=1S/C42H46O3.C2H6/c1-28-10-8-11-33(22-28)27-44-37-14-9-15-38(24-37)45-36-19-17-35(18-20-36)40-25-41(34-12-6-5-7-13-34)31(4)39-21-16-32(26-43)23-42(39)30(3)29(40)2;1-2/h8-11,14-24,26,30-31,34,41H,5-7,12-13,25,27H2,1-4H3;1-2H3. The number of carbonyl (C=O) groups is 1. The smallest absolute Gasteiger partial charge is 0.150 e. The molecule has 1 saturated carbocycles. The highest BCUT2D eigenvalue weighted by atomic mass is 16.5. The van der Waals surface area contributed by atoms with E-state index in [-0.39, 0.29) is 5.92 Å². The Hall–Kier alpha value is -4.11. The van der Waals surface area contributed by atoms with Gasteiger partial charge in [0.15, 0.2) is 0 Å². The zero-order valence-electron chi connectivity index (χ0n) is 29.2. The molecule has 0 radical (unpaired) electrons. The minimum absolute atomic E-state index is 0.239. The van der Waals surface area contributed by atoms with Gasteiger partial charge in [-0.1, -0.05) is 126 Å². The third-order valence-corrected chi connectivity index (χ3v) is 10.4. The van der Waals surface area contributed by atoms with Crippen molar-refractivity contribution in [1.82, 2.24) is 0 Å². The van der Waals surface area contributed by atoms with Crippen LogP contribution in [0.3, 0.4) is 0 Å². The number of aryl methyl sites for hydroxylation is 1. The second-order valence-electron chi connectivity index (χ2n) is 13.3. The lowest BCUT2D eigenvalue weighted by Gasteiger charge is -2.39. The van der Waals surface area contributed by atoms with E-state index >= 15 is 0 Å². The summed E-state index contributed by atoms with van der Waals surface area (Å²) in [4.78, 5) is 11.8. The first-order chi connectivity index (χ1) is 22.9. The van der Waals surface area contributed by atoms with Gasteiger partial charge in [-0.05, 0) is 96.2 Å². The molecule has 6 rings (SSSR count). The topological polar surface area (TPSA) is 35.5 Å². The molecule has 3 heteroatoms. The van der Waals surface area contributed by atoms with Gasteiger partial charge in [-0.15, -0.1) is 0 Å². The first kappa shape index (κ1) is 34.2. The van der Waals surface area contributed by atoms with E-state index in [2.05, 4.69) is 88.4 Å². The van der Waals surface area contributed by atoms with Crippen molar-refractivity contribution in [1.29, 1.82) is 0 Å². The molecule has 2 aliphatic carbocycles.